The highest BCUT2D eigenvalue weighted by Crippen LogP contribution is 2.18. The van der Waals surface area contributed by atoms with Gasteiger partial charge in [-0.1, -0.05) is 17.2 Å². The number of primary sulfonamides is 1. The van der Waals surface area contributed by atoms with Gasteiger partial charge in [0.25, 0.3) is 0 Å². The van der Waals surface area contributed by atoms with Crippen LogP contribution in [0.2, 0.25) is 0 Å². The van der Waals surface area contributed by atoms with Gasteiger partial charge in [0, 0.05) is 12.2 Å². The highest BCUT2D eigenvalue weighted by Gasteiger charge is 2.12. The minimum Gasteiger partial charge on any atom is -0.452 e. The molecule has 0 aliphatic heterocycles. The van der Waals surface area contributed by atoms with Crippen LogP contribution in [0.25, 0.3) is 5.69 Å². The zero-order valence-electron chi connectivity index (χ0n) is 16.8. The third-order valence-electron chi connectivity index (χ3n) is 4.36. The number of aromatic nitrogens is 2. The Morgan fingerprint density at radius 3 is 2.52 bits per heavy atom. The van der Waals surface area contributed by atoms with Gasteiger partial charge in [0.15, 0.2) is 0 Å². The van der Waals surface area contributed by atoms with Crippen LogP contribution in [-0.2, 0) is 16.4 Å². The molecule has 12 heteroatoms. The van der Waals surface area contributed by atoms with Crippen LogP contribution in [-0.4, -0.2) is 37.9 Å². The Kier molecular flexibility index (Phi) is 6.42. The van der Waals surface area contributed by atoms with Crippen molar-refractivity contribution in [2.45, 2.75) is 18.2 Å². The van der Waals surface area contributed by atoms with Crippen molar-refractivity contribution in [3.8, 4) is 11.8 Å². The van der Waals surface area contributed by atoms with E-state index in [1.54, 1.807) is 37.3 Å². The molecule has 4 N–H and O–H groups in total. The van der Waals surface area contributed by atoms with Crippen molar-refractivity contribution in [1.29, 1.82) is 0 Å². The quantitative estimate of drug-likeness (QED) is 0.490. The number of amides is 2. The summed E-state index contributed by atoms with van der Waals surface area (Å²) < 4.78 is 33.2. The van der Waals surface area contributed by atoms with Crippen LogP contribution in [0.4, 0.5) is 10.5 Å². The maximum Gasteiger partial charge on any atom is 0.444 e. The number of sulfonamides is 1. The lowest BCUT2D eigenvalue weighted by Crippen LogP contribution is -2.30. The largest absolute Gasteiger partial charge is 0.452 e. The summed E-state index contributed by atoms with van der Waals surface area (Å²) in [4.78, 5) is 24.0. The van der Waals surface area contributed by atoms with Gasteiger partial charge in [-0.15, -0.1) is 0 Å². The number of aryl methyl sites for hydroxylation is 1. The average molecular weight is 447 g/mol. The first-order valence-electron chi connectivity index (χ1n) is 9.09. The van der Waals surface area contributed by atoms with Gasteiger partial charge in [-0.2, -0.15) is 4.68 Å². The smallest absolute Gasteiger partial charge is 0.444 e. The molecule has 0 aliphatic rings. The molecule has 2 amide bonds. The van der Waals surface area contributed by atoms with Crippen molar-refractivity contribution in [3.05, 3.63) is 64.1 Å². The van der Waals surface area contributed by atoms with Crippen molar-refractivity contribution in [3.63, 3.8) is 0 Å². The zero-order chi connectivity index (χ0) is 22.6. The summed E-state index contributed by atoms with van der Waals surface area (Å²) in [5.41, 5.74) is 2.58. The number of methoxy groups -OCH3 is 1. The number of hydrogen-bond acceptors (Lipinski definition) is 7. The Labute approximate surface area is 177 Å². The number of carbonyl (C=O) groups excluding carboxylic acids is 1. The highest BCUT2D eigenvalue weighted by atomic mass is 32.2. The molecule has 0 aliphatic carbocycles. The Morgan fingerprint density at radius 1 is 1.23 bits per heavy atom. The van der Waals surface area contributed by atoms with Crippen molar-refractivity contribution in [2.75, 3.05) is 19.0 Å². The van der Waals surface area contributed by atoms with E-state index in [2.05, 4.69) is 15.7 Å². The highest BCUT2D eigenvalue weighted by molar-refractivity contribution is 7.89. The number of urea groups is 1. The Morgan fingerprint density at radius 2 is 1.94 bits per heavy atom. The van der Waals surface area contributed by atoms with Crippen LogP contribution >= 0.6 is 0 Å². The number of nitrogens with two attached hydrogens (primary N) is 1. The van der Waals surface area contributed by atoms with Crippen LogP contribution in [0.1, 0.15) is 11.1 Å². The monoisotopic (exact) mass is 447 g/mol. The molecule has 1 heterocycles. The second kappa shape index (κ2) is 9.02. The Bertz CT molecular complexity index is 1250. The number of carbonyl (C=O) groups is 1. The molecule has 164 valence electrons. The van der Waals surface area contributed by atoms with Crippen LogP contribution in [0, 0.1) is 6.92 Å². The fraction of sp³-hybridized carbons (Fsp3) is 0.211. The lowest BCUT2D eigenvalue weighted by Gasteiger charge is -2.11. The number of nitrogens with zero attached hydrogens (tertiary/aromatic N) is 2. The van der Waals surface area contributed by atoms with Crippen LogP contribution < -0.4 is 26.3 Å². The third-order valence-corrected chi connectivity index (χ3v) is 5.29. The zero-order valence-corrected chi connectivity index (χ0v) is 17.6. The van der Waals surface area contributed by atoms with Gasteiger partial charge in [0.1, 0.15) is 0 Å². The number of ether oxygens (including phenoxy) is 1. The molecule has 0 saturated heterocycles. The molecule has 0 bridgehead atoms. The fourth-order valence-electron chi connectivity index (χ4n) is 2.76. The summed E-state index contributed by atoms with van der Waals surface area (Å²) in [6.45, 7) is 2.11. The lowest BCUT2D eigenvalue weighted by molar-refractivity contribution is 0.252. The van der Waals surface area contributed by atoms with Gasteiger partial charge in [0.2, 0.25) is 10.0 Å². The molecule has 0 atom stereocenters. The van der Waals surface area contributed by atoms with E-state index >= 15 is 0 Å². The number of anilines is 1. The standard InChI is InChI=1S/C19H21N5O6S/c1-12-11-14(24-19(26)30-18(23-24)29-2)5-8-16(12)22-17(25)21-10-9-13-3-6-15(7-4-13)31(20,27)28/h3-8,11H,9-10H2,1-2H3,(H2,20,27,28)(H2,21,22,25). The summed E-state index contributed by atoms with van der Waals surface area (Å²) in [6, 6.07) is 10.6. The van der Waals surface area contributed by atoms with Gasteiger partial charge >= 0.3 is 17.9 Å². The number of rotatable bonds is 7. The van der Waals surface area contributed by atoms with Crippen LogP contribution in [0.3, 0.4) is 0 Å². The predicted molar refractivity (Wildman–Crippen MR) is 112 cm³/mol. The molecular formula is C19H21N5O6S. The van der Waals surface area contributed by atoms with Gasteiger partial charge in [-0.25, -0.2) is 23.1 Å². The van der Waals surface area contributed by atoms with E-state index in [9.17, 15) is 18.0 Å². The molecule has 11 nitrogen and oxygen atoms in total. The molecular weight excluding hydrogens is 426 g/mol. The van der Waals surface area contributed by atoms with E-state index in [-0.39, 0.29) is 11.0 Å². The van der Waals surface area contributed by atoms with Crippen molar-refractivity contribution < 1.29 is 22.4 Å². The number of nitrogens with one attached hydrogen (secondary N) is 2. The van der Waals surface area contributed by atoms with Crippen molar-refractivity contribution >= 4 is 21.7 Å². The van der Waals surface area contributed by atoms with E-state index in [0.29, 0.717) is 29.9 Å². The Balaban J connectivity index is 1.57. The molecule has 2 aromatic carbocycles. The molecule has 31 heavy (non-hydrogen) atoms. The van der Waals surface area contributed by atoms with E-state index in [1.165, 1.54) is 19.2 Å². The molecule has 0 saturated carbocycles. The first-order valence-corrected chi connectivity index (χ1v) is 10.6. The summed E-state index contributed by atoms with van der Waals surface area (Å²) in [6.07, 6.45) is 0.358. The molecule has 3 aromatic rings. The van der Waals surface area contributed by atoms with E-state index in [0.717, 1.165) is 10.2 Å². The predicted octanol–water partition coefficient (Wildman–Crippen LogP) is 1.15. The average Bonchev–Trinajstić information content (AvgIpc) is 3.10. The maximum atomic E-state index is 12.2. The molecule has 0 radical (unpaired) electrons. The fourth-order valence-corrected chi connectivity index (χ4v) is 3.27. The minimum atomic E-state index is -3.73. The second-order valence-electron chi connectivity index (χ2n) is 6.57. The number of benzene rings is 2. The van der Waals surface area contributed by atoms with E-state index < -0.39 is 21.8 Å². The van der Waals surface area contributed by atoms with Gasteiger partial charge in [-0.3, -0.25) is 0 Å². The van der Waals surface area contributed by atoms with E-state index in [1.807, 2.05) is 0 Å². The van der Waals surface area contributed by atoms with Gasteiger partial charge in [0.05, 0.1) is 17.7 Å². The Hall–Kier alpha value is -3.64. The summed E-state index contributed by atoms with van der Waals surface area (Å²) in [5, 5.41) is 14.4. The van der Waals surface area contributed by atoms with Gasteiger partial charge in [-0.05, 0) is 54.8 Å². The van der Waals surface area contributed by atoms with Crippen molar-refractivity contribution in [1.82, 2.24) is 15.1 Å². The SMILES string of the molecule is COc1nn(-c2ccc(NC(=O)NCCc3ccc(S(N)(=O)=O)cc3)c(C)c2)c(=O)o1. The molecule has 3 rings (SSSR count). The van der Waals surface area contributed by atoms with Crippen molar-refractivity contribution in [2.24, 2.45) is 5.14 Å². The topological polar surface area (TPSA) is 159 Å². The first-order chi connectivity index (χ1) is 14.7. The summed E-state index contributed by atoms with van der Waals surface area (Å²) in [5.74, 6) is -0.688. The number of hydrogen-bond donors (Lipinski definition) is 3. The normalized spacial score (nSPS) is 11.2. The molecule has 1 aromatic heterocycles. The first kappa shape index (κ1) is 22.1. The maximum absolute atomic E-state index is 12.2. The second-order valence-corrected chi connectivity index (χ2v) is 8.13. The molecule has 0 unspecified atom stereocenters. The van der Waals surface area contributed by atoms with E-state index in [4.69, 9.17) is 14.3 Å². The molecule has 0 fully saturated rings. The minimum absolute atomic E-state index is 0.0344. The van der Waals surface area contributed by atoms with Crippen LogP contribution in [0.5, 0.6) is 6.08 Å². The van der Waals surface area contributed by atoms with Crippen LogP contribution in [0.15, 0.2) is 56.6 Å². The summed E-state index contributed by atoms with van der Waals surface area (Å²) in [7, 11) is -2.39. The molecule has 0 spiro atoms. The lowest BCUT2D eigenvalue weighted by atomic mass is 10.1. The third kappa shape index (κ3) is 5.49. The van der Waals surface area contributed by atoms with Gasteiger partial charge < -0.3 is 19.8 Å². The summed E-state index contributed by atoms with van der Waals surface area (Å²) >= 11 is 0.